The number of H-pyrrole nitrogens is 1. The molecule has 1 aliphatic heterocycles. The molecule has 2 N–H and O–H groups in total. The molecule has 0 bridgehead atoms. The highest BCUT2D eigenvalue weighted by Gasteiger charge is 2.32. The summed E-state index contributed by atoms with van der Waals surface area (Å²) in [7, 11) is -2.07. The number of unbranched alkanes of at least 4 members (excludes halogenated alkanes) is 1. The number of benzene rings is 1. The van der Waals surface area contributed by atoms with E-state index in [2.05, 4.69) is 19.7 Å². The summed E-state index contributed by atoms with van der Waals surface area (Å²) in [5.41, 5.74) is 0.813. The third-order valence-corrected chi connectivity index (χ3v) is 7.49. The molecule has 32 heavy (non-hydrogen) atoms. The lowest BCUT2D eigenvalue weighted by Crippen LogP contribution is -2.37. The standard InChI is InChI=1S/C21H23N5O4S2/c1-3-4-8-15(23-19-13-7-5-6-9-16(13)32(29,30)25-19)21(28)26(2)12-17-22-14-10-11-31-18(14)20(27)24-17/h5-7,9-11,15H,3-4,8,12H2,1-2H3,(H,23,25)(H,22,24,27)/t15-/m0/s1. The Bertz CT molecular complexity index is 1360. The first-order valence-corrected chi connectivity index (χ1v) is 12.6. The third kappa shape index (κ3) is 4.30. The SMILES string of the molecule is CCCC[C@H](N=C1NS(=O)(=O)c2ccccc21)C(=O)N(C)Cc1nc2ccsc2c(=O)[nH]1. The summed E-state index contributed by atoms with van der Waals surface area (Å²) < 4.78 is 27.8. The van der Waals surface area contributed by atoms with Gasteiger partial charge in [-0.25, -0.2) is 13.4 Å². The van der Waals surface area contributed by atoms with Crippen LogP contribution in [-0.4, -0.2) is 48.1 Å². The number of aromatic amines is 1. The molecule has 1 amide bonds. The smallest absolute Gasteiger partial charge is 0.268 e. The molecule has 0 radical (unpaired) electrons. The fourth-order valence-electron chi connectivity index (χ4n) is 3.58. The van der Waals surface area contributed by atoms with Gasteiger partial charge in [-0.1, -0.05) is 31.9 Å². The number of carbonyl (C=O) groups is 1. The van der Waals surface area contributed by atoms with Crippen LogP contribution in [0.15, 0.2) is 50.4 Å². The summed E-state index contributed by atoms with van der Waals surface area (Å²) in [5, 5.41) is 1.79. The predicted molar refractivity (Wildman–Crippen MR) is 123 cm³/mol. The van der Waals surface area contributed by atoms with Crippen LogP contribution in [0.3, 0.4) is 0 Å². The van der Waals surface area contributed by atoms with E-state index >= 15 is 0 Å². The van der Waals surface area contributed by atoms with Crippen molar-refractivity contribution in [1.82, 2.24) is 19.6 Å². The minimum Gasteiger partial charge on any atom is -0.336 e. The van der Waals surface area contributed by atoms with Crippen LogP contribution in [0.2, 0.25) is 0 Å². The summed E-state index contributed by atoms with van der Waals surface area (Å²) in [6.45, 7) is 2.12. The van der Waals surface area contributed by atoms with Gasteiger partial charge in [0.15, 0.2) is 0 Å². The van der Waals surface area contributed by atoms with Crippen molar-refractivity contribution in [3.8, 4) is 0 Å². The van der Waals surface area contributed by atoms with Crippen molar-refractivity contribution in [2.45, 2.75) is 43.7 Å². The van der Waals surface area contributed by atoms with Crippen LogP contribution < -0.4 is 10.3 Å². The monoisotopic (exact) mass is 473 g/mol. The number of nitrogens with one attached hydrogen (secondary N) is 2. The first-order chi connectivity index (χ1) is 15.3. The highest BCUT2D eigenvalue weighted by Crippen LogP contribution is 2.23. The first kappa shape index (κ1) is 22.2. The van der Waals surface area contributed by atoms with Gasteiger partial charge in [0.05, 0.1) is 17.0 Å². The molecule has 168 valence electrons. The Balaban J connectivity index is 1.60. The Hall–Kier alpha value is -3.05. The molecular weight excluding hydrogens is 450 g/mol. The number of carbonyl (C=O) groups excluding carboxylic acids is 1. The molecule has 11 heteroatoms. The number of thiophene rings is 1. The number of hydrogen-bond donors (Lipinski definition) is 2. The third-order valence-electron chi connectivity index (χ3n) is 5.19. The fraction of sp³-hybridized carbons (Fsp3) is 0.333. The lowest BCUT2D eigenvalue weighted by atomic mass is 10.1. The van der Waals surface area contributed by atoms with Crippen LogP contribution >= 0.6 is 11.3 Å². The molecule has 1 aliphatic rings. The highest BCUT2D eigenvalue weighted by molar-refractivity contribution is 7.90. The minimum absolute atomic E-state index is 0.107. The van der Waals surface area contributed by atoms with Gasteiger partial charge in [0.25, 0.3) is 15.6 Å². The van der Waals surface area contributed by atoms with E-state index in [1.165, 1.54) is 22.3 Å². The van der Waals surface area contributed by atoms with Gasteiger partial charge in [-0.3, -0.25) is 19.3 Å². The summed E-state index contributed by atoms with van der Waals surface area (Å²) in [6.07, 6.45) is 2.09. The minimum atomic E-state index is -3.69. The van der Waals surface area contributed by atoms with Gasteiger partial charge in [0, 0.05) is 12.6 Å². The molecule has 4 rings (SSSR count). The summed E-state index contributed by atoms with van der Waals surface area (Å²) >= 11 is 1.31. The van der Waals surface area contributed by atoms with Crippen molar-refractivity contribution in [3.63, 3.8) is 0 Å². The molecule has 9 nitrogen and oxygen atoms in total. The number of rotatable bonds is 7. The second kappa shape index (κ2) is 8.83. The average molecular weight is 474 g/mol. The molecular formula is C21H23N5O4S2. The van der Waals surface area contributed by atoms with Gasteiger partial charge < -0.3 is 9.88 Å². The van der Waals surface area contributed by atoms with E-state index in [1.54, 1.807) is 36.7 Å². The molecule has 2 aromatic heterocycles. The Morgan fingerprint density at radius 3 is 2.84 bits per heavy atom. The summed E-state index contributed by atoms with van der Waals surface area (Å²) in [6, 6.07) is 7.56. The molecule has 1 atom stereocenters. The van der Waals surface area contributed by atoms with Gasteiger partial charge in [-0.05, 0) is 30.0 Å². The molecule has 3 aromatic rings. The molecule has 0 saturated carbocycles. The number of fused-ring (bicyclic) bond motifs is 2. The number of aromatic nitrogens is 2. The van der Waals surface area contributed by atoms with E-state index in [9.17, 15) is 18.0 Å². The quantitative estimate of drug-likeness (QED) is 0.545. The van der Waals surface area contributed by atoms with Gasteiger partial charge in [-0.15, -0.1) is 11.3 Å². The highest BCUT2D eigenvalue weighted by atomic mass is 32.2. The Kier molecular flexibility index (Phi) is 6.11. The Morgan fingerprint density at radius 2 is 2.06 bits per heavy atom. The molecule has 3 heterocycles. The van der Waals surface area contributed by atoms with Gasteiger partial charge >= 0.3 is 0 Å². The van der Waals surface area contributed by atoms with Crippen LogP contribution in [0.5, 0.6) is 0 Å². The van der Waals surface area contributed by atoms with E-state index in [-0.39, 0.29) is 28.7 Å². The normalized spacial score (nSPS) is 16.6. The number of sulfonamides is 1. The lowest BCUT2D eigenvalue weighted by Gasteiger charge is -2.21. The van der Waals surface area contributed by atoms with E-state index in [4.69, 9.17) is 0 Å². The number of amides is 1. The Morgan fingerprint density at radius 1 is 1.28 bits per heavy atom. The fourth-order valence-corrected chi connectivity index (χ4v) is 5.54. The van der Waals surface area contributed by atoms with E-state index in [0.717, 1.165) is 12.8 Å². The largest absolute Gasteiger partial charge is 0.336 e. The second-order valence-electron chi connectivity index (χ2n) is 7.58. The number of amidine groups is 1. The number of likely N-dealkylation sites (N-methyl/N-ethyl adjacent to an activating group) is 1. The lowest BCUT2D eigenvalue weighted by molar-refractivity contribution is -0.132. The molecule has 0 unspecified atom stereocenters. The van der Waals surface area contributed by atoms with Crippen LogP contribution in [0.25, 0.3) is 10.2 Å². The molecule has 0 fully saturated rings. The zero-order chi connectivity index (χ0) is 22.9. The van der Waals surface area contributed by atoms with Gasteiger partial charge in [0.2, 0.25) is 5.91 Å². The van der Waals surface area contributed by atoms with E-state index in [1.807, 2.05) is 6.92 Å². The van der Waals surface area contributed by atoms with Crippen LogP contribution in [0.1, 0.15) is 37.6 Å². The van der Waals surface area contributed by atoms with Crippen LogP contribution in [-0.2, 0) is 21.4 Å². The van der Waals surface area contributed by atoms with E-state index in [0.29, 0.717) is 28.0 Å². The molecule has 0 saturated heterocycles. The number of aliphatic imine (C=N–C) groups is 1. The van der Waals surface area contributed by atoms with Crippen LogP contribution in [0, 0.1) is 0 Å². The average Bonchev–Trinajstić information content (AvgIpc) is 3.33. The van der Waals surface area contributed by atoms with Crippen molar-refractivity contribution < 1.29 is 13.2 Å². The summed E-state index contributed by atoms with van der Waals surface area (Å²) in [4.78, 5) is 38.7. The molecule has 0 aliphatic carbocycles. The topological polar surface area (TPSA) is 125 Å². The van der Waals surface area contributed by atoms with Gasteiger partial charge in [0.1, 0.15) is 22.4 Å². The first-order valence-electron chi connectivity index (χ1n) is 10.2. The maximum Gasteiger partial charge on any atom is 0.268 e. The van der Waals surface area contributed by atoms with Crippen molar-refractivity contribution in [2.75, 3.05) is 7.05 Å². The number of nitrogens with zero attached hydrogens (tertiary/aromatic N) is 3. The van der Waals surface area contributed by atoms with Crippen molar-refractivity contribution >= 4 is 43.3 Å². The maximum atomic E-state index is 13.2. The predicted octanol–water partition coefficient (Wildman–Crippen LogP) is 2.24. The second-order valence-corrected chi connectivity index (χ2v) is 10.1. The summed E-state index contributed by atoms with van der Waals surface area (Å²) in [5.74, 6) is 0.280. The Labute approximate surface area is 189 Å². The van der Waals surface area contributed by atoms with Gasteiger partial charge in [-0.2, -0.15) is 0 Å². The van der Waals surface area contributed by atoms with Crippen LogP contribution in [0.4, 0.5) is 0 Å². The molecule has 1 aromatic carbocycles. The number of hydrogen-bond acceptors (Lipinski definition) is 7. The zero-order valence-electron chi connectivity index (χ0n) is 17.7. The van der Waals surface area contributed by atoms with Crippen molar-refractivity contribution in [2.24, 2.45) is 4.99 Å². The zero-order valence-corrected chi connectivity index (χ0v) is 19.3. The van der Waals surface area contributed by atoms with Crippen molar-refractivity contribution in [3.05, 3.63) is 57.5 Å². The van der Waals surface area contributed by atoms with Crippen molar-refractivity contribution in [1.29, 1.82) is 0 Å². The molecule has 0 spiro atoms. The van der Waals surface area contributed by atoms with E-state index < -0.39 is 16.1 Å². The maximum absolute atomic E-state index is 13.2.